The highest BCUT2D eigenvalue weighted by Crippen LogP contribution is 2.11. The number of carbonyl (C=O) groups is 1. The summed E-state index contributed by atoms with van der Waals surface area (Å²) in [5, 5.41) is 3.47. The number of hydrogen-bond donors (Lipinski definition) is 1. The highest BCUT2D eigenvalue weighted by Gasteiger charge is 2.03. The Kier molecular flexibility index (Phi) is 4.44. The number of imidazole rings is 1. The number of benzene rings is 1. The first kappa shape index (κ1) is 15.3. The van der Waals surface area contributed by atoms with E-state index in [9.17, 15) is 4.79 Å². The van der Waals surface area contributed by atoms with E-state index in [1.807, 2.05) is 47.9 Å². The van der Waals surface area contributed by atoms with E-state index >= 15 is 0 Å². The third kappa shape index (κ3) is 3.99. The molecule has 0 saturated heterocycles. The highest BCUT2D eigenvalue weighted by atomic mass is 35.5. The van der Waals surface area contributed by atoms with Crippen molar-refractivity contribution in [1.29, 1.82) is 0 Å². The Bertz CT molecular complexity index is 866. The minimum Gasteiger partial charge on any atom is -0.347 e. The SMILES string of the molecule is Cc1ccc(/C=C/C(=O)NCc2cn3cc(Cl)ccc3n2)cc1. The molecular weight excluding hydrogens is 310 g/mol. The fourth-order valence-electron chi connectivity index (χ4n) is 2.19. The molecule has 4 nitrogen and oxygen atoms in total. The molecule has 1 amide bonds. The van der Waals surface area contributed by atoms with Crippen molar-refractivity contribution in [2.24, 2.45) is 0 Å². The smallest absolute Gasteiger partial charge is 0.244 e. The number of hydrogen-bond acceptors (Lipinski definition) is 2. The maximum absolute atomic E-state index is 11.9. The lowest BCUT2D eigenvalue weighted by molar-refractivity contribution is -0.116. The van der Waals surface area contributed by atoms with E-state index in [0.717, 1.165) is 16.9 Å². The van der Waals surface area contributed by atoms with E-state index in [1.165, 1.54) is 11.6 Å². The van der Waals surface area contributed by atoms with Crippen LogP contribution in [0.1, 0.15) is 16.8 Å². The Morgan fingerprint density at radius 3 is 2.78 bits per heavy atom. The number of aryl methyl sites for hydroxylation is 1. The number of nitrogens with one attached hydrogen (secondary N) is 1. The van der Waals surface area contributed by atoms with Gasteiger partial charge in [-0.1, -0.05) is 41.4 Å². The molecule has 116 valence electrons. The quantitative estimate of drug-likeness (QED) is 0.745. The van der Waals surface area contributed by atoms with Crippen LogP contribution in [0.15, 0.2) is 54.9 Å². The lowest BCUT2D eigenvalue weighted by Crippen LogP contribution is -2.20. The van der Waals surface area contributed by atoms with Crippen molar-refractivity contribution in [2.75, 3.05) is 0 Å². The second kappa shape index (κ2) is 6.67. The zero-order valence-electron chi connectivity index (χ0n) is 12.7. The molecule has 0 saturated carbocycles. The molecule has 3 aromatic rings. The lowest BCUT2D eigenvalue weighted by atomic mass is 10.1. The van der Waals surface area contributed by atoms with Gasteiger partial charge in [-0.25, -0.2) is 4.98 Å². The summed E-state index contributed by atoms with van der Waals surface area (Å²) in [6, 6.07) is 11.6. The molecule has 2 aromatic heterocycles. The third-order valence-electron chi connectivity index (χ3n) is 3.41. The maximum atomic E-state index is 11.9. The van der Waals surface area contributed by atoms with Gasteiger partial charge in [-0.3, -0.25) is 4.79 Å². The van der Waals surface area contributed by atoms with Crippen molar-refractivity contribution in [3.05, 3.63) is 76.7 Å². The molecule has 0 unspecified atom stereocenters. The number of fused-ring (bicyclic) bond motifs is 1. The molecule has 3 rings (SSSR count). The summed E-state index contributed by atoms with van der Waals surface area (Å²) in [6.07, 6.45) is 6.95. The van der Waals surface area contributed by atoms with Crippen LogP contribution in [0.4, 0.5) is 0 Å². The number of carbonyl (C=O) groups excluding carboxylic acids is 1. The second-order valence-corrected chi connectivity index (χ2v) is 5.74. The number of nitrogens with zero attached hydrogens (tertiary/aromatic N) is 2. The third-order valence-corrected chi connectivity index (χ3v) is 3.64. The van der Waals surface area contributed by atoms with Crippen molar-refractivity contribution in [1.82, 2.24) is 14.7 Å². The van der Waals surface area contributed by atoms with Gasteiger partial charge in [0.25, 0.3) is 0 Å². The minimum atomic E-state index is -0.152. The first-order valence-corrected chi connectivity index (χ1v) is 7.64. The van der Waals surface area contributed by atoms with Gasteiger partial charge in [0.2, 0.25) is 5.91 Å². The molecule has 1 N–H and O–H groups in total. The molecule has 0 atom stereocenters. The van der Waals surface area contributed by atoms with Gasteiger partial charge in [-0.05, 0) is 30.7 Å². The van der Waals surface area contributed by atoms with E-state index in [2.05, 4.69) is 10.3 Å². The fourth-order valence-corrected chi connectivity index (χ4v) is 2.36. The van der Waals surface area contributed by atoms with Crippen LogP contribution in [0.25, 0.3) is 11.7 Å². The van der Waals surface area contributed by atoms with Crippen molar-refractivity contribution in [3.63, 3.8) is 0 Å². The van der Waals surface area contributed by atoms with Crippen LogP contribution in [0.3, 0.4) is 0 Å². The Labute approximate surface area is 139 Å². The minimum absolute atomic E-state index is 0.152. The molecule has 0 fully saturated rings. The summed E-state index contributed by atoms with van der Waals surface area (Å²) in [7, 11) is 0. The van der Waals surface area contributed by atoms with E-state index in [-0.39, 0.29) is 5.91 Å². The topological polar surface area (TPSA) is 46.4 Å². The van der Waals surface area contributed by atoms with Crippen LogP contribution in [0.5, 0.6) is 0 Å². The highest BCUT2D eigenvalue weighted by molar-refractivity contribution is 6.30. The van der Waals surface area contributed by atoms with Crippen molar-refractivity contribution >= 4 is 29.2 Å². The normalized spacial score (nSPS) is 11.2. The molecule has 0 radical (unpaired) electrons. The Morgan fingerprint density at radius 1 is 1.22 bits per heavy atom. The Balaban J connectivity index is 1.60. The van der Waals surface area contributed by atoms with Crippen molar-refractivity contribution in [3.8, 4) is 0 Å². The number of pyridine rings is 1. The van der Waals surface area contributed by atoms with Gasteiger partial charge >= 0.3 is 0 Å². The van der Waals surface area contributed by atoms with Gasteiger partial charge in [0.05, 0.1) is 17.3 Å². The summed E-state index contributed by atoms with van der Waals surface area (Å²) >= 11 is 5.94. The van der Waals surface area contributed by atoms with Crippen LogP contribution in [0, 0.1) is 6.92 Å². The molecule has 0 aliphatic carbocycles. The molecule has 1 aromatic carbocycles. The Morgan fingerprint density at radius 2 is 2.00 bits per heavy atom. The monoisotopic (exact) mass is 325 g/mol. The predicted octanol–water partition coefficient (Wildman–Crippen LogP) is 3.63. The molecule has 0 aliphatic rings. The fraction of sp³-hybridized carbons (Fsp3) is 0.111. The number of amides is 1. The second-order valence-electron chi connectivity index (χ2n) is 5.31. The van der Waals surface area contributed by atoms with Crippen molar-refractivity contribution < 1.29 is 4.79 Å². The average molecular weight is 326 g/mol. The zero-order chi connectivity index (χ0) is 16.2. The van der Waals surface area contributed by atoms with E-state index in [4.69, 9.17) is 11.6 Å². The number of halogens is 1. The van der Waals surface area contributed by atoms with Crippen LogP contribution in [0.2, 0.25) is 5.02 Å². The standard InChI is InChI=1S/C18H16ClN3O/c1-13-2-4-14(5-3-13)6-9-18(23)20-10-16-12-22-11-15(19)7-8-17(22)21-16/h2-9,11-12H,10H2,1H3,(H,20,23)/b9-6+. The van der Waals surface area contributed by atoms with Crippen LogP contribution < -0.4 is 5.32 Å². The average Bonchev–Trinajstić information content (AvgIpc) is 2.94. The number of aromatic nitrogens is 2. The van der Waals surface area contributed by atoms with E-state index in [0.29, 0.717) is 11.6 Å². The van der Waals surface area contributed by atoms with E-state index < -0.39 is 0 Å². The molecule has 0 aliphatic heterocycles. The summed E-state index contributed by atoms with van der Waals surface area (Å²) < 4.78 is 1.84. The van der Waals surface area contributed by atoms with Crippen LogP contribution in [-0.4, -0.2) is 15.3 Å². The predicted molar refractivity (Wildman–Crippen MR) is 92.3 cm³/mol. The summed E-state index contributed by atoms with van der Waals surface area (Å²) in [5.41, 5.74) is 3.77. The van der Waals surface area contributed by atoms with Gasteiger partial charge in [0.15, 0.2) is 0 Å². The molecule has 5 heteroatoms. The largest absolute Gasteiger partial charge is 0.347 e. The van der Waals surface area contributed by atoms with Gasteiger partial charge < -0.3 is 9.72 Å². The molecule has 0 spiro atoms. The summed E-state index contributed by atoms with van der Waals surface area (Å²) in [4.78, 5) is 16.3. The summed E-state index contributed by atoms with van der Waals surface area (Å²) in [6.45, 7) is 2.40. The van der Waals surface area contributed by atoms with E-state index in [1.54, 1.807) is 18.3 Å². The van der Waals surface area contributed by atoms with Crippen LogP contribution >= 0.6 is 11.6 Å². The molecular formula is C18H16ClN3O. The molecule has 2 heterocycles. The zero-order valence-corrected chi connectivity index (χ0v) is 13.4. The van der Waals surface area contributed by atoms with Gasteiger partial charge in [-0.15, -0.1) is 0 Å². The van der Waals surface area contributed by atoms with Crippen molar-refractivity contribution in [2.45, 2.75) is 13.5 Å². The first-order chi connectivity index (χ1) is 11.1. The number of rotatable bonds is 4. The lowest BCUT2D eigenvalue weighted by Gasteiger charge is -1.98. The molecule has 0 bridgehead atoms. The first-order valence-electron chi connectivity index (χ1n) is 7.26. The van der Waals surface area contributed by atoms with Gasteiger partial charge in [0, 0.05) is 18.5 Å². The summed E-state index contributed by atoms with van der Waals surface area (Å²) in [5.74, 6) is -0.152. The van der Waals surface area contributed by atoms with Gasteiger partial charge in [-0.2, -0.15) is 0 Å². The maximum Gasteiger partial charge on any atom is 0.244 e. The van der Waals surface area contributed by atoms with Crippen LogP contribution in [-0.2, 0) is 11.3 Å². The molecule has 23 heavy (non-hydrogen) atoms. The Hall–Kier alpha value is -2.59. The van der Waals surface area contributed by atoms with Gasteiger partial charge in [0.1, 0.15) is 5.65 Å².